The van der Waals surface area contributed by atoms with Crippen LogP contribution in [-0.2, 0) is 4.79 Å². The lowest BCUT2D eigenvalue weighted by Crippen LogP contribution is -2.29. The predicted molar refractivity (Wildman–Crippen MR) is 61.8 cm³/mol. The van der Waals surface area contributed by atoms with E-state index in [1.54, 1.807) is 11.9 Å². The third-order valence-electron chi connectivity index (χ3n) is 1.96. The lowest BCUT2D eigenvalue weighted by atomic mass is 10.3. The number of nitrogens with one attached hydrogen (secondary N) is 1. The van der Waals surface area contributed by atoms with Gasteiger partial charge in [0, 0.05) is 27.1 Å². The minimum atomic E-state index is -0.542. The fourth-order valence-corrected chi connectivity index (χ4v) is 0.984. The molecule has 0 aromatic carbocycles. The van der Waals surface area contributed by atoms with E-state index < -0.39 is 6.03 Å². The van der Waals surface area contributed by atoms with Gasteiger partial charge in [-0.1, -0.05) is 0 Å². The number of hydrogen-bond acceptors (Lipinski definition) is 2. The molecule has 0 radical (unpaired) electrons. The van der Waals surface area contributed by atoms with Crippen molar-refractivity contribution in [2.75, 3.05) is 20.1 Å². The molecule has 0 aliphatic carbocycles. The van der Waals surface area contributed by atoms with Gasteiger partial charge >= 0.3 is 6.03 Å². The molecule has 0 fully saturated rings. The van der Waals surface area contributed by atoms with Crippen LogP contribution in [0.15, 0.2) is 4.99 Å². The first kappa shape index (κ1) is 14.2. The molecule has 92 valence electrons. The average molecular weight is 229 g/mol. The Labute approximate surface area is 94.9 Å². The molecule has 0 heterocycles. The summed E-state index contributed by atoms with van der Waals surface area (Å²) in [5.74, 6) is -0.224. The molecule has 0 saturated heterocycles. The van der Waals surface area contributed by atoms with Crippen LogP contribution in [0.25, 0.3) is 0 Å². The Hall–Kier alpha value is -1.79. The topological polar surface area (TPSA) is 114 Å². The second-order valence-corrected chi connectivity index (χ2v) is 3.42. The first-order valence-electron chi connectivity index (χ1n) is 5.02. The Balaban J connectivity index is 3.51. The van der Waals surface area contributed by atoms with Crippen LogP contribution in [0.3, 0.4) is 0 Å². The molecule has 0 spiro atoms. The van der Waals surface area contributed by atoms with Crippen LogP contribution in [0.1, 0.15) is 19.8 Å². The van der Waals surface area contributed by atoms with Gasteiger partial charge in [0.05, 0.1) is 0 Å². The van der Waals surface area contributed by atoms with Crippen LogP contribution in [0, 0.1) is 0 Å². The minimum Gasteiger partial charge on any atom is -0.370 e. The quantitative estimate of drug-likeness (QED) is 0.326. The minimum absolute atomic E-state index is 0.0320. The fourth-order valence-electron chi connectivity index (χ4n) is 0.984. The van der Waals surface area contributed by atoms with Crippen LogP contribution in [0.5, 0.6) is 0 Å². The van der Waals surface area contributed by atoms with Gasteiger partial charge in [-0.25, -0.2) is 4.79 Å². The monoisotopic (exact) mass is 229 g/mol. The number of rotatable bonds is 5. The van der Waals surface area contributed by atoms with Crippen LogP contribution in [0.4, 0.5) is 4.79 Å². The van der Waals surface area contributed by atoms with Crippen molar-refractivity contribution >= 4 is 17.9 Å². The maximum Gasteiger partial charge on any atom is 0.344 e. The summed E-state index contributed by atoms with van der Waals surface area (Å²) in [7, 11) is 1.74. The Morgan fingerprint density at radius 1 is 1.31 bits per heavy atom. The standard InChI is InChI=1S/C9H19N5O2/c1-7(15)14(2)6-4-3-5-12-9(16)13-8(10)11/h3-6H2,1-2H3,(H5,10,11,12,13,16). The highest BCUT2D eigenvalue weighted by molar-refractivity contribution is 5.90. The Bertz CT molecular complexity index is 273. The van der Waals surface area contributed by atoms with Gasteiger partial charge in [-0.15, -0.1) is 0 Å². The average Bonchev–Trinajstić information content (AvgIpc) is 2.15. The molecule has 16 heavy (non-hydrogen) atoms. The van der Waals surface area contributed by atoms with Gasteiger partial charge in [-0.05, 0) is 12.8 Å². The van der Waals surface area contributed by atoms with Crippen molar-refractivity contribution in [3.63, 3.8) is 0 Å². The summed E-state index contributed by atoms with van der Waals surface area (Å²) in [6.45, 7) is 2.68. The van der Waals surface area contributed by atoms with Crippen molar-refractivity contribution < 1.29 is 9.59 Å². The summed E-state index contributed by atoms with van der Waals surface area (Å²) < 4.78 is 0. The van der Waals surface area contributed by atoms with E-state index >= 15 is 0 Å². The molecule has 0 aliphatic heterocycles. The van der Waals surface area contributed by atoms with Crippen LogP contribution in [0.2, 0.25) is 0 Å². The van der Waals surface area contributed by atoms with Gasteiger partial charge in [0.2, 0.25) is 5.91 Å². The SMILES string of the molecule is CC(=O)N(C)CCCCNC(=O)N=C(N)N. The first-order chi connectivity index (χ1) is 7.43. The third kappa shape index (κ3) is 7.60. The normalized spacial score (nSPS) is 9.38. The number of carbonyl (C=O) groups excluding carboxylic acids is 2. The second kappa shape index (κ2) is 7.49. The molecule has 0 unspecified atom stereocenters. The third-order valence-corrected chi connectivity index (χ3v) is 1.96. The van der Waals surface area contributed by atoms with E-state index in [1.807, 2.05) is 0 Å². The molecule has 0 aromatic heterocycles. The molecular formula is C9H19N5O2. The zero-order valence-electron chi connectivity index (χ0n) is 9.69. The van der Waals surface area contributed by atoms with E-state index in [0.717, 1.165) is 12.8 Å². The summed E-state index contributed by atoms with van der Waals surface area (Å²) in [5.41, 5.74) is 10.0. The van der Waals surface area contributed by atoms with Gasteiger partial charge < -0.3 is 21.7 Å². The number of amides is 3. The van der Waals surface area contributed by atoms with E-state index in [2.05, 4.69) is 10.3 Å². The summed E-state index contributed by atoms with van der Waals surface area (Å²) in [6, 6.07) is -0.542. The number of unbranched alkanes of at least 4 members (excludes halogenated alkanes) is 1. The maximum absolute atomic E-state index is 10.9. The van der Waals surface area contributed by atoms with Gasteiger partial charge in [-0.2, -0.15) is 4.99 Å². The highest BCUT2D eigenvalue weighted by Crippen LogP contribution is 1.92. The molecule has 5 N–H and O–H groups in total. The Kier molecular flexibility index (Phi) is 6.66. The van der Waals surface area contributed by atoms with Crippen molar-refractivity contribution in [2.24, 2.45) is 16.5 Å². The Morgan fingerprint density at radius 3 is 2.44 bits per heavy atom. The smallest absolute Gasteiger partial charge is 0.344 e. The fraction of sp³-hybridized carbons (Fsp3) is 0.667. The van der Waals surface area contributed by atoms with Crippen LogP contribution >= 0.6 is 0 Å². The lowest BCUT2D eigenvalue weighted by Gasteiger charge is -2.13. The molecule has 0 aromatic rings. The van der Waals surface area contributed by atoms with Gasteiger partial charge in [-0.3, -0.25) is 4.79 Å². The molecule has 0 atom stereocenters. The van der Waals surface area contributed by atoms with E-state index in [9.17, 15) is 9.59 Å². The van der Waals surface area contributed by atoms with E-state index in [-0.39, 0.29) is 11.9 Å². The predicted octanol–water partition coefficient (Wildman–Crippen LogP) is -0.772. The van der Waals surface area contributed by atoms with E-state index in [0.29, 0.717) is 13.1 Å². The van der Waals surface area contributed by atoms with Crippen LogP contribution < -0.4 is 16.8 Å². The Morgan fingerprint density at radius 2 is 1.94 bits per heavy atom. The molecule has 0 rings (SSSR count). The van der Waals surface area contributed by atoms with Crippen molar-refractivity contribution in [2.45, 2.75) is 19.8 Å². The van der Waals surface area contributed by atoms with Gasteiger partial charge in [0.25, 0.3) is 0 Å². The highest BCUT2D eigenvalue weighted by atomic mass is 16.2. The molecule has 3 amide bonds. The molecule has 7 heteroatoms. The second-order valence-electron chi connectivity index (χ2n) is 3.42. The van der Waals surface area contributed by atoms with Gasteiger partial charge in [0.1, 0.15) is 0 Å². The zero-order valence-corrected chi connectivity index (χ0v) is 9.69. The largest absolute Gasteiger partial charge is 0.370 e. The van der Waals surface area contributed by atoms with E-state index in [1.165, 1.54) is 6.92 Å². The zero-order chi connectivity index (χ0) is 12.6. The number of aliphatic imine (C=N–C) groups is 1. The number of urea groups is 1. The van der Waals surface area contributed by atoms with Crippen LogP contribution in [-0.4, -0.2) is 42.9 Å². The van der Waals surface area contributed by atoms with Crippen molar-refractivity contribution in [1.82, 2.24) is 10.2 Å². The van der Waals surface area contributed by atoms with Crippen molar-refractivity contribution in [3.8, 4) is 0 Å². The summed E-state index contributed by atoms with van der Waals surface area (Å²) >= 11 is 0. The molecule has 0 saturated carbocycles. The number of nitrogens with two attached hydrogens (primary N) is 2. The first-order valence-corrected chi connectivity index (χ1v) is 5.02. The summed E-state index contributed by atoms with van der Waals surface area (Å²) in [6.07, 6.45) is 1.58. The van der Waals surface area contributed by atoms with Crippen molar-refractivity contribution in [3.05, 3.63) is 0 Å². The maximum atomic E-state index is 10.9. The number of carbonyl (C=O) groups is 2. The summed E-state index contributed by atoms with van der Waals surface area (Å²) in [4.78, 5) is 26.7. The lowest BCUT2D eigenvalue weighted by molar-refractivity contribution is -0.127. The number of guanidine groups is 1. The number of nitrogens with zero attached hydrogens (tertiary/aromatic N) is 2. The van der Waals surface area contributed by atoms with Crippen molar-refractivity contribution in [1.29, 1.82) is 0 Å². The molecule has 7 nitrogen and oxygen atoms in total. The molecule has 0 bridgehead atoms. The van der Waals surface area contributed by atoms with E-state index in [4.69, 9.17) is 11.5 Å². The molecule has 0 aliphatic rings. The molecular weight excluding hydrogens is 210 g/mol. The summed E-state index contributed by atoms with van der Waals surface area (Å²) in [5, 5.41) is 2.53. The number of hydrogen-bond donors (Lipinski definition) is 3. The highest BCUT2D eigenvalue weighted by Gasteiger charge is 2.01. The van der Waals surface area contributed by atoms with Gasteiger partial charge in [0.15, 0.2) is 5.96 Å².